The van der Waals surface area contributed by atoms with Crippen molar-refractivity contribution in [1.82, 2.24) is 5.06 Å². The van der Waals surface area contributed by atoms with Crippen LogP contribution in [-0.2, 0) is 4.79 Å². The molecule has 0 aromatic carbocycles. The summed E-state index contributed by atoms with van der Waals surface area (Å²) in [7, 11) is 0. The Morgan fingerprint density at radius 2 is 1.53 bits per heavy atom. The van der Waals surface area contributed by atoms with Crippen molar-refractivity contribution in [3.8, 4) is 0 Å². The molecular weight excluding hydrogens is 192 g/mol. The van der Waals surface area contributed by atoms with Gasteiger partial charge in [-0.05, 0) is 47.5 Å². The Balaban J connectivity index is 3.09. The molecule has 1 aliphatic rings. The zero-order chi connectivity index (χ0) is 12.1. The number of nitrogens with zero attached hydrogens (tertiary/aromatic N) is 1. The van der Waals surface area contributed by atoms with Crippen LogP contribution >= 0.6 is 0 Å². The molecule has 0 saturated carbocycles. The number of Topliss-reactive ketones (excluding diaryl/α,β-unsaturated/α-hetero) is 1. The number of rotatable bonds is 1. The highest BCUT2D eigenvalue weighted by atomic mass is 16.5. The van der Waals surface area contributed by atoms with Crippen molar-refractivity contribution in [1.29, 1.82) is 0 Å². The average Bonchev–Trinajstić information content (AvgIpc) is 1.98. The molecule has 0 radical (unpaired) electrons. The Labute approximate surface area is 91.4 Å². The number of piperidine rings is 1. The lowest BCUT2D eigenvalue weighted by atomic mass is 9.69. The van der Waals surface area contributed by atoms with Gasteiger partial charge in [-0.25, -0.2) is 0 Å². The first-order valence-electron chi connectivity index (χ1n) is 5.30. The van der Waals surface area contributed by atoms with Gasteiger partial charge in [0.2, 0.25) is 0 Å². The predicted octanol–water partition coefficient (Wildman–Crippen LogP) is 1.32. The lowest BCUT2D eigenvalue weighted by Crippen LogP contribution is -2.68. The van der Waals surface area contributed by atoms with Crippen LogP contribution in [-0.4, -0.2) is 32.7 Å². The van der Waals surface area contributed by atoms with Crippen LogP contribution in [0, 0.1) is 0 Å². The highest BCUT2D eigenvalue weighted by molar-refractivity contribution is 5.86. The lowest BCUT2D eigenvalue weighted by Gasteiger charge is -2.54. The predicted molar refractivity (Wildman–Crippen MR) is 58.6 cm³/mol. The number of hydrogen-bond acceptors (Lipinski definition) is 4. The molecule has 4 nitrogen and oxygen atoms in total. The van der Waals surface area contributed by atoms with Crippen LogP contribution in [0.25, 0.3) is 0 Å². The molecule has 4 heteroatoms. The molecule has 0 aromatic rings. The lowest BCUT2D eigenvalue weighted by molar-refractivity contribution is -0.251. The van der Waals surface area contributed by atoms with Crippen molar-refractivity contribution in [2.75, 3.05) is 0 Å². The second-order valence-electron chi connectivity index (χ2n) is 6.00. The van der Waals surface area contributed by atoms with E-state index in [1.807, 2.05) is 27.7 Å². The molecule has 0 aliphatic carbocycles. The van der Waals surface area contributed by atoms with Gasteiger partial charge in [-0.3, -0.25) is 4.79 Å². The minimum absolute atomic E-state index is 0.00301. The molecule has 1 fully saturated rings. The first-order valence-corrected chi connectivity index (χ1v) is 5.30. The smallest absolute Gasteiger partial charge is 0.149 e. The first-order chi connectivity index (χ1) is 6.51. The van der Waals surface area contributed by atoms with Gasteiger partial charge in [-0.1, -0.05) is 0 Å². The van der Waals surface area contributed by atoms with Crippen LogP contribution < -0.4 is 5.73 Å². The normalized spacial score (nSPS) is 28.7. The first kappa shape index (κ1) is 12.6. The maximum absolute atomic E-state index is 11.6. The third kappa shape index (κ3) is 2.07. The van der Waals surface area contributed by atoms with E-state index in [2.05, 4.69) is 0 Å². The molecule has 0 bridgehead atoms. The fourth-order valence-corrected chi connectivity index (χ4v) is 2.82. The Morgan fingerprint density at radius 3 is 1.80 bits per heavy atom. The summed E-state index contributed by atoms with van der Waals surface area (Å²) in [5, 5.41) is 11.4. The summed E-state index contributed by atoms with van der Waals surface area (Å²) >= 11 is 0. The van der Waals surface area contributed by atoms with Crippen molar-refractivity contribution in [2.24, 2.45) is 5.73 Å². The summed E-state index contributed by atoms with van der Waals surface area (Å²) in [6, 6.07) is 0. The summed E-state index contributed by atoms with van der Waals surface area (Å²) in [5.74, 6) is -0.00301. The fourth-order valence-electron chi connectivity index (χ4n) is 2.82. The van der Waals surface area contributed by atoms with Gasteiger partial charge in [0.05, 0.1) is 5.54 Å². The van der Waals surface area contributed by atoms with E-state index in [4.69, 9.17) is 5.73 Å². The Morgan fingerprint density at radius 1 is 1.20 bits per heavy atom. The fraction of sp³-hybridized carbons (Fsp3) is 0.909. The highest BCUT2D eigenvalue weighted by Gasteiger charge is 2.52. The van der Waals surface area contributed by atoms with E-state index in [1.54, 1.807) is 0 Å². The van der Waals surface area contributed by atoms with Crippen LogP contribution in [0.3, 0.4) is 0 Å². The molecule has 1 heterocycles. The van der Waals surface area contributed by atoms with Gasteiger partial charge in [-0.15, -0.1) is 0 Å². The van der Waals surface area contributed by atoms with E-state index in [-0.39, 0.29) is 5.78 Å². The van der Waals surface area contributed by atoms with Crippen molar-refractivity contribution in [2.45, 2.75) is 64.1 Å². The summed E-state index contributed by atoms with van der Waals surface area (Å²) in [5.41, 5.74) is 4.37. The van der Waals surface area contributed by atoms with Crippen LogP contribution in [0.5, 0.6) is 0 Å². The van der Waals surface area contributed by atoms with Gasteiger partial charge in [0.15, 0.2) is 0 Å². The molecular formula is C11H22N2O2. The molecule has 0 unspecified atom stereocenters. The standard InChI is InChI=1S/C11H22N2O2/c1-8(14)11(12)6-9(2,3)13(15)10(4,5)7-11/h15H,6-7,12H2,1-5H3. The molecule has 0 spiro atoms. The second kappa shape index (κ2) is 3.27. The Hall–Kier alpha value is -0.450. The number of carbonyl (C=O) groups is 1. The summed E-state index contributed by atoms with van der Waals surface area (Å²) < 4.78 is 0. The summed E-state index contributed by atoms with van der Waals surface area (Å²) in [6.45, 7) is 9.13. The van der Waals surface area contributed by atoms with Crippen LogP contribution in [0.4, 0.5) is 0 Å². The van der Waals surface area contributed by atoms with Crippen molar-refractivity contribution in [3.05, 3.63) is 0 Å². The maximum atomic E-state index is 11.6. The number of hydroxylamine groups is 2. The van der Waals surface area contributed by atoms with E-state index < -0.39 is 16.6 Å². The summed E-state index contributed by atoms with van der Waals surface area (Å²) in [4.78, 5) is 11.6. The maximum Gasteiger partial charge on any atom is 0.149 e. The van der Waals surface area contributed by atoms with Gasteiger partial charge >= 0.3 is 0 Å². The number of ketones is 1. The summed E-state index contributed by atoms with van der Waals surface area (Å²) in [6.07, 6.45) is 0.963. The molecule has 1 saturated heterocycles. The molecule has 0 amide bonds. The van der Waals surface area contributed by atoms with E-state index in [9.17, 15) is 10.0 Å². The van der Waals surface area contributed by atoms with Crippen molar-refractivity contribution < 1.29 is 10.0 Å². The van der Waals surface area contributed by atoms with Gasteiger partial charge in [-0.2, -0.15) is 5.06 Å². The largest absolute Gasteiger partial charge is 0.319 e. The molecule has 15 heavy (non-hydrogen) atoms. The third-order valence-electron chi connectivity index (χ3n) is 3.34. The van der Waals surface area contributed by atoms with Gasteiger partial charge in [0.1, 0.15) is 5.78 Å². The van der Waals surface area contributed by atoms with E-state index >= 15 is 0 Å². The van der Waals surface area contributed by atoms with Crippen molar-refractivity contribution >= 4 is 5.78 Å². The monoisotopic (exact) mass is 214 g/mol. The topological polar surface area (TPSA) is 66.6 Å². The van der Waals surface area contributed by atoms with E-state index in [1.165, 1.54) is 12.0 Å². The van der Waals surface area contributed by atoms with Crippen molar-refractivity contribution in [3.63, 3.8) is 0 Å². The SMILES string of the molecule is CC(=O)C1(N)CC(C)(C)N(O)C(C)(C)C1. The van der Waals surface area contributed by atoms with Crippen LogP contribution in [0.15, 0.2) is 0 Å². The molecule has 88 valence electrons. The number of hydrogen-bond donors (Lipinski definition) is 2. The molecule has 0 atom stereocenters. The van der Waals surface area contributed by atoms with Crippen LogP contribution in [0.2, 0.25) is 0 Å². The zero-order valence-electron chi connectivity index (χ0n) is 10.3. The van der Waals surface area contributed by atoms with Gasteiger partial charge in [0, 0.05) is 11.1 Å². The number of carbonyl (C=O) groups excluding carboxylic acids is 1. The minimum Gasteiger partial charge on any atom is -0.319 e. The van der Waals surface area contributed by atoms with E-state index in [0.717, 1.165) is 0 Å². The Bertz CT molecular complexity index is 266. The molecule has 1 rings (SSSR count). The molecule has 0 aromatic heterocycles. The number of nitrogens with two attached hydrogens (primary N) is 1. The van der Waals surface area contributed by atoms with E-state index in [0.29, 0.717) is 12.8 Å². The molecule has 1 aliphatic heterocycles. The molecule has 3 N–H and O–H groups in total. The quantitative estimate of drug-likeness (QED) is 0.690. The van der Waals surface area contributed by atoms with Gasteiger partial charge < -0.3 is 10.9 Å². The highest BCUT2D eigenvalue weighted by Crippen LogP contribution is 2.41. The third-order valence-corrected chi connectivity index (χ3v) is 3.34. The average molecular weight is 214 g/mol. The minimum atomic E-state index is -0.813. The van der Waals surface area contributed by atoms with Crippen LogP contribution in [0.1, 0.15) is 47.5 Å². The zero-order valence-corrected chi connectivity index (χ0v) is 10.3. The second-order valence-corrected chi connectivity index (χ2v) is 6.00. The van der Waals surface area contributed by atoms with Gasteiger partial charge in [0.25, 0.3) is 0 Å². The Kier molecular flexibility index (Phi) is 2.75.